The molecule has 0 aliphatic carbocycles. The van der Waals surface area contributed by atoms with E-state index in [1.807, 2.05) is 24.3 Å². The van der Waals surface area contributed by atoms with Crippen molar-refractivity contribution in [1.82, 2.24) is 15.3 Å². The molecule has 1 heterocycles. The number of nitrogens with one attached hydrogen (secondary N) is 2. The van der Waals surface area contributed by atoms with Gasteiger partial charge in [0.1, 0.15) is 17.6 Å². The molecule has 1 amide bonds. The Bertz CT molecular complexity index is 938. The van der Waals surface area contributed by atoms with Gasteiger partial charge >= 0.3 is 0 Å². The number of rotatable bonds is 7. The fourth-order valence-electron chi connectivity index (χ4n) is 2.91. The summed E-state index contributed by atoms with van der Waals surface area (Å²) in [5.74, 6) is 1.26. The van der Waals surface area contributed by atoms with Gasteiger partial charge in [0.15, 0.2) is 6.61 Å². The average Bonchev–Trinajstić information content (AvgIpc) is 3.10. The molecule has 2 N–H and O–H groups in total. The second-order valence-electron chi connectivity index (χ2n) is 6.79. The van der Waals surface area contributed by atoms with Crippen LogP contribution in [0.25, 0.3) is 11.0 Å². The highest BCUT2D eigenvalue weighted by atomic mass is 16.5. The Balaban J connectivity index is 1.70. The zero-order valence-electron chi connectivity index (χ0n) is 15.4. The minimum absolute atomic E-state index is 0.159. The van der Waals surface area contributed by atoms with Gasteiger partial charge in [-0.05, 0) is 36.6 Å². The molecule has 0 bridgehead atoms. The predicted molar refractivity (Wildman–Crippen MR) is 103 cm³/mol. The average molecular weight is 362 g/mol. The van der Waals surface area contributed by atoms with E-state index in [1.165, 1.54) is 0 Å². The van der Waals surface area contributed by atoms with E-state index in [1.54, 1.807) is 24.3 Å². The normalized spacial score (nSPS) is 11.9. The van der Waals surface area contributed by atoms with Crippen molar-refractivity contribution in [3.63, 3.8) is 0 Å². The quantitative estimate of drug-likeness (QED) is 0.670. The first-order chi connectivity index (χ1) is 13.1. The van der Waals surface area contributed by atoms with Gasteiger partial charge in [-0.1, -0.05) is 38.1 Å². The molecule has 138 valence electrons. The molecule has 0 fully saturated rings. The van der Waals surface area contributed by atoms with Crippen LogP contribution >= 0.6 is 0 Å². The Kier molecular flexibility index (Phi) is 5.72. The summed E-state index contributed by atoms with van der Waals surface area (Å²) in [6.45, 7) is 4.04. The van der Waals surface area contributed by atoms with Gasteiger partial charge in [-0.25, -0.2) is 4.98 Å². The van der Waals surface area contributed by atoms with Gasteiger partial charge in [-0.3, -0.25) is 4.79 Å². The standard InChI is InChI=1S/C21H22N4O2/c1-14(2)11-18(21-24-16-8-4-5-9-17(16)25-21)23-20(26)13-27-19-10-6-3-7-15(19)12-22/h3-10,14,18H,11,13H2,1-2H3,(H,23,26)(H,24,25)/t18-/m1/s1. The highest BCUT2D eigenvalue weighted by Gasteiger charge is 2.20. The van der Waals surface area contributed by atoms with Gasteiger partial charge in [0.2, 0.25) is 0 Å². The van der Waals surface area contributed by atoms with Gasteiger partial charge in [0.05, 0.1) is 22.6 Å². The van der Waals surface area contributed by atoms with Gasteiger partial charge in [0, 0.05) is 0 Å². The minimum atomic E-state index is -0.256. The fraction of sp³-hybridized carbons (Fsp3) is 0.286. The zero-order valence-corrected chi connectivity index (χ0v) is 15.4. The zero-order chi connectivity index (χ0) is 19.2. The monoisotopic (exact) mass is 362 g/mol. The first-order valence-corrected chi connectivity index (χ1v) is 8.92. The fourth-order valence-corrected chi connectivity index (χ4v) is 2.91. The lowest BCUT2D eigenvalue weighted by Crippen LogP contribution is -2.34. The number of nitrogens with zero attached hydrogens (tertiary/aromatic N) is 2. The lowest BCUT2D eigenvalue weighted by atomic mass is 10.0. The van der Waals surface area contributed by atoms with E-state index >= 15 is 0 Å². The van der Waals surface area contributed by atoms with E-state index < -0.39 is 0 Å². The molecular weight excluding hydrogens is 340 g/mol. The van der Waals surface area contributed by atoms with E-state index in [0.717, 1.165) is 23.3 Å². The molecule has 6 nitrogen and oxygen atoms in total. The Hall–Kier alpha value is -3.33. The number of imidazole rings is 1. The van der Waals surface area contributed by atoms with Crippen molar-refractivity contribution in [3.05, 3.63) is 59.9 Å². The number of nitriles is 1. The number of fused-ring (bicyclic) bond motifs is 1. The van der Waals surface area contributed by atoms with Crippen LogP contribution in [0.5, 0.6) is 5.75 Å². The summed E-state index contributed by atoms with van der Waals surface area (Å²) in [5, 5.41) is 12.1. The number of aromatic amines is 1. The Morgan fingerprint density at radius 2 is 1.96 bits per heavy atom. The van der Waals surface area contributed by atoms with E-state index in [4.69, 9.17) is 10.00 Å². The van der Waals surface area contributed by atoms with Crippen molar-refractivity contribution in [2.45, 2.75) is 26.3 Å². The number of aromatic nitrogens is 2. The predicted octanol–water partition coefficient (Wildman–Crippen LogP) is 3.72. The molecule has 0 saturated carbocycles. The molecule has 0 unspecified atom stereocenters. The Morgan fingerprint density at radius 1 is 1.22 bits per heavy atom. The van der Waals surface area contributed by atoms with E-state index in [0.29, 0.717) is 17.2 Å². The molecule has 1 atom stereocenters. The summed E-state index contributed by atoms with van der Waals surface area (Å²) in [6, 6.07) is 16.5. The molecule has 3 aromatic rings. The van der Waals surface area contributed by atoms with Crippen LogP contribution in [-0.2, 0) is 4.79 Å². The third kappa shape index (κ3) is 4.64. The van der Waals surface area contributed by atoms with Crippen molar-refractivity contribution >= 4 is 16.9 Å². The molecule has 0 spiro atoms. The van der Waals surface area contributed by atoms with E-state index in [2.05, 4.69) is 35.2 Å². The number of hydrogen-bond donors (Lipinski definition) is 2. The third-order valence-corrected chi connectivity index (χ3v) is 4.15. The first kappa shape index (κ1) is 18.5. The molecule has 27 heavy (non-hydrogen) atoms. The molecule has 6 heteroatoms. The largest absolute Gasteiger partial charge is 0.482 e. The maximum Gasteiger partial charge on any atom is 0.258 e. The number of benzene rings is 2. The van der Waals surface area contributed by atoms with Gasteiger partial charge in [-0.15, -0.1) is 0 Å². The summed E-state index contributed by atoms with van der Waals surface area (Å²) < 4.78 is 5.53. The van der Waals surface area contributed by atoms with Crippen LogP contribution in [0, 0.1) is 17.2 Å². The molecule has 0 saturated heterocycles. The summed E-state index contributed by atoms with van der Waals surface area (Å²) in [5.41, 5.74) is 2.21. The van der Waals surface area contributed by atoms with Crippen LogP contribution < -0.4 is 10.1 Å². The van der Waals surface area contributed by atoms with Crippen LogP contribution in [0.2, 0.25) is 0 Å². The number of H-pyrrole nitrogens is 1. The van der Waals surface area contributed by atoms with Crippen LogP contribution in [0.3, 0.4) is 0 Å². The van der Waals surface area contributed by atoms with Crippen molar-refractivity contribution in [3.8, 4) is 11.8 Å². The molecule has 0 radical (unpaired) electrons. The minimum Gasteiger partial charge on any atom is -0.482 e. The number of ether oxygens (including phenoxy) is 1. The number of amides is 1. The van der Waals surface area contributed by atoms with Gasteiger partial charge in [-0.2, -0.15) is 5.26 Å². The maximum atomic E-state index is 12.4. The molecule has 0 aliphatic rings. The lowest BCUT2D eigenvalue weighted by Gasteiger charge is -2.19. The number of carbonyl (C=O) groups excluding carboxylic acids is 1. The van der Waals surface area contributed by atoms with Crippen molar-refractivity contribution in [2.75, 3.05) is 6.61 Å². The Morgan fingerprint density at radius 3 is 2.70 bits per heavy atom. The topological polar surface area (TPSA) is 90.8 Å². The molecule has 1 aromatic heterocycles. The second kappa shape index (κ2) is 8.37. The second-order valence-corrected chi connectivity index (χ2v) is 6.79. The summed E-state index contributed by atoms with van der Waals surface area (Å²) >= 11 is 0. The first-order valence-electron chi connectivity index (χ1n) is 8.92. The van der Waals surface area contributed by atoms with Crippen LogP contribution in [0.15, 0.2) is 48.5 Å². The SMILES string of the molecule is CC(C)C[C@@H](NC(=O)COc1ccccc1C#N)c1nc2ccccc2[nH]1. The van der Waals surface area contributed by atoms with E-state index in [9.17, 15) is 4.79 Å². The third-order valence-electron chi connectivity index (χ3n) is 4.15. The number of carbonyl (C=O) groups is 1. The molecular formula is C21H22N4O2. The number of para-hydroxylation sites is 3. The van der Waals surface area contributed by atoms with Crippen LogP contribution in [0.4, 0.5) is 0 Å². The molecule has 2 aromatic carbocycles. The maximum absolute atomic E-state index is 12.4. The Labute approximate surface area is 158 Å². The summed E-state index contributed by atoms with van der Waals surface area (Å²) in [6.07, 6.45) is 0.750. The van der Waals surface area contributed by atoms with Gasteiger partial charge < -0.3 is 15.0 Å². The summed E-state index contributed by atoms with van der Waals surface area (Å²) in [4.78, 5) is 20.3. The highest BCUT2D eigenvalue weighted by Crippen LogP contribution is 2.22. The van der Waals surface area contributed by atoms with Crippen LogP contribution in [0.1, 0.15) is 37.7 Å². The van der Waals surface area contributed by atoms with Crippen molar-refractivity contribution in [2.24, 2.45) is 5.92 Å². The smallest absolute Gasteiger partial charge is 0.258 e. The highest BCUT2D eigenvalue weighted by molar-refractivity contribution is 5.78. The molecule has 0 aliphatic heterocycles. The molecule has 3 rings (SSSR count). The van der Waals surface area contributed by atoms with Crippen molar-refractivity contribution in [1.29, 1.82) is 5.26 Å². The van der Waals surface area contributed by atoms with E-state index in [-0.39, 0.29) is 18.6 Å². The van der Waals surface area contributed by atoms with Gasteiger partial charge in [0.25, 0.3) is 5.91 Å². The summed E-state index contributed by atoms with van der Waals surface area (Å²) in [7, 11) is 0. The lowest BCUT2D eigenvalue weighted by molar-refractivity contribution is -0.124. The van der Waals surface area contributed by atoms with Crippen molar-refractivity contribution < 1.29 is 9.53 Å². The number of hydrogen-bond acceptors (Lipinski definition) is 4. The van der Waals surface area contributed by atoms with Crippen LogP contribution in [-0.4, -0.2) is 22.5 Å².